The summed E-state index contributed by atoms with van der Waals surface area (Å²) in [6, 6.07) is 0.127. The molecule has 1 fully saturated rings. The lowest BCUT2D eigenvalue weighted by Gasteiger charge is -2.10. The van der Waals surface area contributed by atoms with Gasteiger partial charge in [0.05, 0.1) is 18.1 Å². The number of ketones is 1. The maximum absolute atomic E-state index is 11.5. The Morgan fingerprint density at radius 1 is 1.71 bits per heavy atom. The normalized spacial score (nSPS) is 29.5. The minimum absolute atomic E-state index is 0.127. The number of hydrogen-bond acceptors (Lipinski definition) is 4. The van der Waals surface area contributed by atoms with Crippen LogP contribution in [0.5, 0.6) is 0 Å². The zero-order valence-corrected chi connectivity index (χ0v) is 8.08. The van der Waals surface area contributed by atoms with Crippen LogP contribution in [-0.2, 0) is 14.3 Å². The zero-order valence-electron chi connectivity index (χ0n) is 8.08. The predicted molar refractivity (Wildman–Crippen MR) is 49.4 cm³/mol. The van der Waals surface area contributed by atoms with Crippen molar-refractivity contribution in [3.05, 3.63) is 11.8 Å². The monoisotopic (exact) mass is 195 g/mol. The molecule has 14 heavy (non-hydrogen) atoms. The van der Waals surface area contributed by atoms with Crippen molar-refractivity contribution in [3.63, 3.8) is 0 Å². The molecule has 0 aromatic carbocycles. The highest BCUT2D eigenvalue weighted by molar-refractivity contribution is 6.00. The average Bonchev–Trinajstić information content (AvgIpc) is 2.70. The number of rotatable bonds is 2. The summed E-state index contributed by atoms with van der Waals surface area (Å²) < 4.78 is 4.88. The third-order valence-electron chi connectivity index (χ3n) is 2.75. The molecule has 4 heteroatoms. The minimum Gasteiger partial charge on any atom is -0.463 e. The first-order chi connectivity index (χ1) is 6.74. The van der Waals surface area contributed by atoms with Gasteiger partial charge in [-0.1, -0.05) is 0 Å². The molecule has 0 aromatic heterocycles. The molecule has 1 saturated carbocycles. The summed E-state index contributed by atoms with van der Waals surface area (Å²) in [7, 11) is 0. The molecule has 4 nitrogen and oxygen atoms in total. The fraction of sp³-hybridized carbons (Fsp3) is 0.600. The summed E-state index contributed by atoms with van der Waals surface area (Å²) in [5.41, 5.74) is 0.499. The summed E-state index contributed by atoms with van der Waals surface area (Å²) in [6.07, 6.45) is 3.02. The average molecular weight is 195 g/mol. The maximum Gasteiger partial charge on any atom is 0.336 e. The Hall–Kier alpha value is -1.32. The number of esters is 1. The number of fused-ring (bicyclic) bond motifs is 1. The van der Waals surface area contributed by atoms with Gasteiger partial charge in [-0.2, -0.15) is 0 Å². The minimum atomic E-state index is -0.359. The Morgan fingerprint density at radius 2 is 2.50 bits per heavy atom. The van der Waals surface area contributed by atoms with Crippen molar-refractivity contribution >= 4 is 11.8 Å². The first-order valence-electron chi connectivity index (χ1n) is 4.90. The second-order valence-corrected chi connectivity index (χ2v) is 3.58. The molecule has 1 heterocycles. The van der Waals surface area contributed by atoms with Gasteiger partial charge >= 0.3 is 5.97 Å². The molecule has 2 atom stereocenters. The first kappa shape index (κ1) is 9.24. The second kappa shape index (κ2) is 3.44. The van der Waals surface area contributed by atoms with Gasteiger partial charge in [0.15, 0.2) is 0 Å². The number of carbonyl (C=O) groups excluding carboxylic acids is 2. The molecule has 0 saturated heterocycles. The van der Waals surface area contributed by atoms with E-state index in [2.05, 4.69) is 5.32 Å². The van der Waals surface area contributed by atoms with E-state index < -0.39 is 0 Å². The Bertz CT molecular complexity index is 308. The first-order valence-corrected chi connectivity index (χ1v) is 4.90. The SMILES string of the molecule is CCOC(=O)C1=CNC2CCC(=O)C12. The van der Waals surface area contributed by atoms with E-state index >= 15 is 0 Å². The maximum atomic E-state index is 11.5. The van der Waals surface area contributed by atoms with Crippen LogP contribution in [0.3, 0.4) is 0 Å². The van der Waals surface area contributed by atoms with Crippen LogP contribution < -0.4 is 5.32 Å². The molecule has 2 unspecified atom stereocenters. The Kier molecular flexibility index (Phi) is 2.27. The second-order valence-electron chi connectivity index (χ2n) is 3.58. The van der Waals surface area contributed by atoms with Gasteiger partial charge < -0.3 is 10.1 Å². The quantitative estimate of drug-likeness (QED) is 0.647. The highest BCUT2D eigenvalue weighted by atomic mass is 16.5. The molecule has 1 N–H and O–H groups in total. The van der Waals surface area contributed by atoms with Gasteiger partial charge in [0.1, 0.15) is 5.78 Å². The number of hydrogen-bond donors (Lipinski definition) is 1. The zero-order chi connectivity index (χ0) is 10.1. The molecule has 1 aliphatic carbocycles. The van der Waals surface area contributed by atoms with Gasteiger partial charge in [-0.25, -0.2) is 4.79 Å². The topological polar surface area (TPSA) is 55.4 Å². The van der Waals surface area contributed by atoms with E-state index in [1.807, 2.05) is 0 Å². The van der Waals surface area contributed by atoms with Crippen LogP contribution in [0.1, 0.15) is 19.8 Å². The molecule has 2 aliphatic rings. The largest absolute Gasteiger partial charge is 0.463 e. The summed E-state index contributed by atoms with van der Waals surface area (Å²) in [4.78, 5) is 22.9. The molecule has 0 aromatic rings. The van der Waals surface area contributed by atoms with Crippen LogP contribution in [0.25, 0.3) is 0 Å². The van der Waals surface area contributed by atoms with Crippen molar-refractivity contribution in [1.82, 2.24) is 5.32 Å². The number of carbonyl (C=O) groups is 2. The summed E-state index contributed by atoms with van der Waals surface area (Å²) in [5, 5.41) is 3.05. The van der Waals surface area contributed by atoms with Gasteiger partial charge in [-0.05, 0) is 13.3 Å². The van der Waals surface area contributed by atoms with Gasteiger partial charge in [0.25, 0.3) is 0 Å². The van der Waals surface area contributed by atoms with Crippen molar-refractivity contribution in [2.45, 2.75) is 25.8 Å². The summed E-state index contributed by atoms with van der Waals surface area (Å²) in [6.45, 7) is 2.11. The molecule has 1 aliphatic heterocycles. The van der Waals surface area contributed by atoms with Gasteiger partial charge in [0, 0.05) is 18.7 Å². The smallest absolute Gasteiger partial charge is 0.336 e. The van der Waals surface area contributed by atoms with E-state index in [0.29, 0.717) is 18.6 Å². The predicted octanol–water partition coefficient (Wildman–Crippen LogP) is 0.384. The lowest BCUT2D eigenvalue weighted by atomic mass is 9.97. The van der Waals surface area contributed by atoms with Crippen molar-refractivity contribution in [2.24, 2.45) is 5.92 Å². The van der Waals surface area contributed by atoms with E-state index in [1.165, 1.54) is 0 Å². The highest BCUT2D eigenvalue weighted by Gasteiger charge is 2.43. The van der Waals surface area contributed by atoms with Crippen LogP contribution in [0.15, 0.2) is 11.8 Å². The molecule has 0 bridgehead atoms. The number of nitrogens with one attached hydrogen (secondary N) is 1. The fourth-order valence-corrected chi connectivity index (χ4v) is 2.10. The van der Waals surface area contributed by atoms with E-state index in [1.54, 1.807) is 13.1 Å². The van der Waals surface area contributed by atoms with E-state index in [0.717, 1.165) is 6.42 Å². The van der Waals surface area contributed by atoms with Crippen LogP contribution in [0.2, 0.25) is 0 Å². The molecular weight excluding hydrogens is 182 g/mol. The molecule has 2 rings (SSSR count). The number of Topliss-reactive ketones (excluding diaryl/α,β-unsaturated/α-hetero) is 1. The van der Waals surface area contributed by atoms with Crippen LogP contribution in [0.4, 0.5) is 0 Å². The van der Waals surface area contributed by atoms with E-state index in [-0.39, 0.29) is 23.7 Å². The van der Waals surface area contributed by atoms with Crippen LogP contribution in [0, 0.1) is 5.92 Å². The van der Waals surface area contributed by atoms with Gasteiger partial charge in [0.2, 0.25) is 0 Å². The Labute approximate surface area is 82.3 Å². The van der Waals surface area contributed by atoms with Crippen molar-refractivity contribution < 1.29 is 14.3 Å². The molecule has 0 spiro atoms. The summed E-state index contributed by atoms with van der Waals surface area (Å²) >= 11 is 0. The van der Waals surface area contributed by atoms with Gasteiger partial charge in [-0.15, -0.1) is 0 Å². The highest BCUT2D eigenvalue weighted by Crippen LogP contribution is 2.33. The third kappa shape index (κ3) is 1.31. The molecule has 0 amide bonds. The van der Waals surface area contributed by atoms with E-state index in [4.69, 9.17) is 4.74 Å². The fourth-order valence-electron chi connectivity index (χ4n) is 2.10. The van der Waals surface area contributed by atoms with E-state index in [9.17, 15) is 9.59 Å². The van der Waals surface area contributed by atoms with Crippen LogP contribution in [-0.4, -0.2) is 24.4 Å². The van der Waals surface area contributed by atoms with Gasteiger partial charge in [-0.3, -0.25) is 4.79 Å². The Balaban J connectivity index is 2.13. The van der Waals surface area contributed by atoms with Crippen molar-refractivity contribution in [1.29, 1.82) is 0 Å². The third-order valence-corrected chi connectivity index (χ3v) is 2.75. The van der Waals surface area contributed by atoms with Crippen molar-refractivity contribution in [3.8, 4) is 0 Å². The lowest BCUT2D eigenvalue weighted by Crippen LogP contribution is -2.26. The lowest BCUT2D eigenvalue weighted by molar-refractivity contribution is -0.140. The van der Waals surface area contributed by atoms with Crippen molar-refractivity contribution in [2.75, 3.05) is 6.61 Å². The summed E-state index contributed by atoms with van der Waals surface area (Å²) in [5.74, 6) is -0.462. The molecular formula is C10H13NO3. The molecule has 0 radical (unpaired) electrons. The Morgan fingerprint density at radius 3 is 3.21 bits per heavy atom. The molecule has 76 valence electrons. The van der Waals surface area contributed by atoms with Crippen LogP contribution >= 0.6 is 0 Å². The number of ether oxygens (including phenoxy) is 1. The standard InChI is InChI=1S/C10H13NO3/c1-2-14-10(13)6-5-11-7-3-4-8(12)9(6)7/h5,7,9,11H,2-4H2,1H3.